The maximum absolute atomic E-state index is 14.5. The summed E-state index contributed by atoms with van der Waals surface area (Å²) in [6, 6.07) is 6.36. The molecule has 2 aliphatic rings. The van der Waals surface area contributed by atoms with Crippen molar-refractivity contribution in [2.24, 2.45) is 0 Å². The zero-order valence-corrected chi connectivity index (χ0v) is 23.4. The number of benzene rings is 1. The average molecular weight is 615 g/mol. The van der Waals surface area contributed by atoms with Crippen LogP contribution >= 0.6 is 28.1 Å². The zero-order valence-electron chi connectivity index (χ0n) is 21.0. The molecule has 0 amide bonds. The molecule has 1 unspecified atom stereocenters. The second kappa shape index (κ2) is 12.2. The molecule has 3 N–H and O–H groups in total. The predicted octanol–water partition coefficient (Wildman–Crippen LogP) is 5.49. The highest BCUT2D eigenvalue weighted by Crippen LogP contribution is 2.31. The van der Waals surface area contributed by atoms with Gasteiger partial charge < -0.3 is 20.2 Å². The third kappa shape index (κ3) is 6.30. The number of halogens is 3. The highest BCUT2D eigenvalue weighted by molar-refractivity contribution is 9.07. The molecule has 8 nitrogen and oxygen atoms in total. The number of anilines is 1. The molecule has 1 atom stereocenters. The molecule has 0 bridgehead atoms. The lowest BCUT2D eigenvalue weighted by Gasteiger charge is -2.30. The maximum Gasteiger partial charge on any atom is 0.152 e. The van der Waals surface area contributed by atoms with Crippen molar-refractivity contribution in [3.05, 3.63) is 89.7 Å². The van der Waals surface area contributed by atoms with E-state index in [1.54, 1.807) is 12.1 Å². The highest BCUT2D eigenvalue weighted by Gasteiger charge is 2.22. The van der Waals surface area contributed by atoms with Gasteiger partial charge in [-0.05, 0) is 29.8 Å². The van der Waals surface area contributed by atoms with Crippen LogP contribution in [0.1, 0.15) is 11.1 Å². The van der Waals surface area contributed by atoms with Gasteiger partial charge in [-0.2, -0.15) is 5.10 Å². The summed E-state index contributed by atoms with van der Waals surface area (Å²) < 4.78 is 40.7. The number of aromatic nitrogens is 3. The van der Waals surface area contributed by atoms with Gasteiger partial charge in [0.1, 0.15) is 11.5 Å². The summed E-state index contributed by atoms with van der Waals surface area (Å²) in [6.07, 6.45) is 13.6. The van der Waals surface area contributed by atoms with Crippen molar-refractivity contribution in [2.45, 2.75) is 12.6 Å². The van der Waals surface area contributed by atoms with E-state index in [1.807, 2.05) is 47.7 Å². The third-order valence-electron chi connectivity index (χ3n) is 6.31. The largest absolute Gasteiger partial charge is 0.378 e. The van der Waals surface area contributed by atoms with Crippen LogP contribution in [0.4, 0.5) is 14.5 Å². The molecule has 202 valence electrons. The zero-order chi connectivity index (χ0) is 27.4. The molecule has 2 aromatic heterocycles. The molecule has 2 aliphatic heterocycles. The number of nitrogens with zero attached hydrogens (tertiary/aromatic N) is 4. The van der Waals surface area contributed by atoms with Gasteiger partial charge in [0.2, 0.25) is 0 Å². The van der Waals surface area contributed by atoms with Crippen LogP contribution in [0, 0.1) is 17.0 Å². The minimum atomic E-state index is -0.755. The van der Waals surface area contributed by atoms with Crippen molar-refractivity contribution in [1.29, 1.82) is 5.41 Å². The molecule has 0 radical (unpaired) electrons. The summed E-state index contributed by atoms with van der Waals surface area (Å²) in [5.41, 5.74) is 5.08. The molecule has 0 spiro atoms. The summed E-state index contributed by atoms with van der Waals surface area (Å²) in [5.74, 6) is -1.50. The summed E-state index contributed by atoms with van der Waals surface area (Å²) in [7, 11) is 0. The van der Waals surface area contributed by atoms with Gasteiger partial charge in [-0.15, -0.1) is 0 Å². The number of morpholine rings is 1. The number of rotatable bonds is 8. The fourth-order valence-electron chi connectivity index (χ4n) is 4.42. The van der Waals surface area contributed by atoms with Gasteiger partial charge >= 0.3 is 0 Å². The van der Waals surface area contributed by atoms with E-state index < -0.39 is 11.6 Å². The highest BCUT2D eigenvalue weighted by atomic mass is 79.9. The van der Waals surface area contributed by atoms with E-state index >= 15 is 0 Å². The number of allylic oxidation sites excluding steroid dienone is 4. The molecule has 4 heterocycles. The molecular weight excluding hydrogens is 588 g/mol. The normalized spacial score (nSPS) is 18.9. The lowest BCUT2D eigenvalue weighted by Crippen LogP contribution is -2.41. The Balaban J connectivity index is 1.40. The van der Waals surface area contributed by atoms with E-state index in [0.717, 1.165) is 29.9 Å². The smallest absolute Gasteiger partial charge is 0.152 e. The molecule has 0 aliphatic carbocycles. The number of ether oxygens (including phenoxy) is 1. The van der Waals surface area contributed by atoms with Crippen molar-refractivity contribution in [3.8, 4) is 11.3 Å². The predicted molar refractivity (Wildman–Crippen MR) is 155 cm³/mol. The van der Waals surface area contributed by atoms with Crippen molar-refractivity contribution < 1.29 is 13.5 Å². The standard InChI is InChI=1S/C27H26BrF2N7OS/c1-39-35-22-7-18(6-19(8-22)27-25(30)9-21(29)13-33-27)24(10-31)26-3-2-17(11-32-26)20-12-34-36(14-20)15-23-16-38-5-4-37(23)28/h2-3,6-14,23,31-32,35H,4-5,15-16H2,1H3/b26-24+,31-10?. The third-order valence-corrected chi connectivity index (χ3v) is 7.69. The van der Waals surface area contributed by atoms with Crippen LogP contribution in [0.25, 0.3) is 22.4 Å². The first-order valence-corrected chi connectivity index (χ1v) is 14.1. The van der Waals surface area contributed by atoms with Gasteiger partial charge in [-0.25, -0.2) is 12.7 Å². The minimum Gasteiger partial charge on any atom is -0.378 e. The van der Waals surface area contributed by atoms with E-state index in [1.165, 1.54) is 18.2 Å². The summed E-state index contributed by atoms with van der Waals surface area (Å²) in [4.78, 5) is 3.96. The topological polar surface area (TPSA) is 91.1 Å². The number of hydrogen-bond acceptors (Lipinski definition) is 8. The van der Waals surface area contributed by atoms with Gasteiger partial charge in [0.05, 0.1) is 38.2 Å². The minimum absolute atomic E-state index is 0.0332. The van der Waals surface area contributed by atoms with Gasteiger partial charge in [0.15, 0.2) is 5.82 Å². The van der Waals surface area contributed by atoms with Crippen LogP contribution in [-0.2, 0) is 11.3 Å². The van der Waals surface area contributed by atoms with Crippen LogP contribution in [-0.4, -0.2) is 57.0 Å². The Bertz CT molecular complexity index is 1470. The van der Waals surface area contributed by atoms with Crippen molar-refractivity contribution in [1.82, 2.24) is 24.0 Å². The quantitative estimate of drug-likeness (QED) is 0.176. The first-order chi connectivity index (χ1) is 18.9. The number of dihydropyridines is 1. The fourth-order valence-corrected chi connectivity index (χ4v) is 5.16. The van der Waals surface area contributed by atoms with E-state index in [-0.39, 0.29) is 11.7 Å². The van der Waals surface area contributed by atoms with E-state index in [2.05, 4.69) is 40.2 Å². The van der Waals surface area contributed by atoms with Gasteiger partial charge in [-0.3, -0.25) is 9.67 Å². The molecule has 1 aromatic carbocycles. The Labute approximate surface area is 237 Å². The number of nitrogens with one attached hydrogen (secondary N) is 3. The second-order valence-electron chi connectivity index (χ2n) is 8.94. The monoisotopic (exact) mass is 613 g/mol. The molecule has 1 saturated heterocycles. The molecule has 0 saturated carbocycles. The van der Waals surface area contributed by atoms with Crippen molar-refractivity contribution in [3.63, 3.8) is 0 Å². The Morgan fingerprint density at radius 1 is 1.26 bits per heavy atom. The summed E-state index contributed by atoms with van der Waals surface area (Å²) in [5, 5.41) is 15.9. The Morgan fingerprint density at radius 2 is 2.13 bits per heavy atom. The van der Waals surface area contributed by atoms with Crippen LogP contribution in [0.2, 0.25) is 0 Å². The van der Waals surface area contributed by atoms with E-state index in [0.29, 0.717) is 47.8 Å². The van der Waals surface area contributed by atoms with Crippen LogP contribution < -0.4 is 10.0 Å². The van der Waals surface area contributed by atoms with Crippen molar-refractivity contribution in [2.75, 3.05) is 30.7 Å². The second-order valence-corrected chi connectivity index (χ2v) is 10.5. The Kier molecular flexibility index (Phi) is 8.56. The lowest BCUT2D eigenvalue weighted by molar-refractivity contribution is 0.0333. The Hall–Kier alpha value is -3.32. The lowest BCUT2D eigenvalue weighted by atomic mass is 9.97. The summed E-state index contributed by atoms with van der Waals surface area (Å²) >= 11 is 4.98. The van der Waals surface area contributed by atoms with Gasteiger partial charge in [0.25, 0.3) is 0 Å². The molecule has 1 fully saturated rings. The van der Waals surface area contributed by atoms with Crippen molar-refractivity contribution >= 4 is 51.1 Å². The average Bonchev–Trinajstić information content (AvgIpc) is 3.39. The molecule has 5 rings (SSSR count). The first kappa shape index (κ1) is 27.3. The fraction of sp³-hybridized carbons (Fsp3) is 0.222. The van der Waals surface area contributed by atoms with Crippen LogP contribution in [0.3, 0.4) is 0 Å². The van der Waals surface area contributed by atoms with E-state index in [9.17, 15) is 8.78 Å². The molecular formula is C27H26BrF2N7OS. The molecule has 3 aromatic rings. The summed E-state index contributed by atoms with van der Waals surface area (Å²) in [6.45, 7) is 2.88. The number of pyridine rings is 1. The molecule has 12 heteroatoms. The van der Waals surface area contributed by atoms with Crippen LogP contribution in [0.15, 0.2) is 66.9 Å². The SMILES string of the molecule is CSNc1cc(/C(C=N)=C2\C=CC(c3cnn(CC4COCCN4Br)c3)=CN2)cc(-c2ncc(F)cc2F)c1. The van der Waals surface area contributed by atoms with E-state index in [4.69, 9.17) is 10.1 Å². The molecule has 39 heavy (non-hydrogen) atoms. The Morgan fingerprint density at radius 3 is 2.85 bits per heavy atom. The first-order valence-electron chi connectivity index (χ1n) is 12.1. The van der Waals surface area contributed by atoms with Gasteiger partial charge in [-0.1, -0.05) is 18.0 Å². The maximum atomic E-state index is 14.5. The van der Waals surface area contributed by atoms with Crippen LogP contribution in [0.5, 0.6) is 0 Å². The number of hydrogen-bond donors (Lipinski definition) is 3. The van der Waals surface area contributed by atoms with Gasteiger partial charge in [0, 0.05) is 87.3 Å².